The molecule has 3 N–H and O–H groups in total. The number of carbonyl (C=O) groups is 1. The van der Waals surface area contributed by atoms with Gasteiger partial charge in [-0.1, -0.05) is 29.8 Å². The second-order valence-corrected chi connectivity index (χ2v) is 5.29. The van der Waals surface area contributed by atoms with Crippen molar-refractivity contribution in [1.29, 1.82) is 0 Å². The van der Waals surface area contributed by atoms with Crippen LogP contribution in [0.15, 0.2) is 24.3 Å². The van der Waals surface area contributed by atoms with E-state index in [0.29, 0.717) is 25.9 Å². The predicted octanol–water partition coefficient (Wildman–Crippen LogP) is 1.23. The second-order valence-electron chi connectivity index (χ2n) is 5.29. The lowest BCUT2D eigenvalue weighted by Crippen LogP contribution is -2.31. The van der Waals surface area contributed by atoms with Crippen LogP contribution in [0.2, 0.25) is 0 Å². The summed E-state index contributed by atoms with van der Waals surface area (Å²) in [5.74, 6) is 0.397. The third-order valence-electron chi connectivity index (χ3n) is 3.81. The highest BCUT2D eigenvalue weighted by Gasteiger charge is 2.33. The number of nitrogens with zero attached hydrogens (tertiary/aromatic N) is 1. The van der Waals surface area contributed by atoms with Crippen molar-refractivity contribution in [2.45, 2.75) is 25.8 Å². The van der Waals surface area contributed by atoms with Crippen LogP contribution in [-0.2, 0) is 4.79 Å². The van der Waals surface area contributed by atoms with E-state index >= 15 is 0 Å². The maximum Gasteiger partial charge on any atom is 0.223 e. The molecule has 1 fully saturated rings. The number of carbonyl (C=O) groups excluding carboxylic acids is 1. The summed E-state index contributed by atoms with van der Waals surface area (Å²) >= 11 is 0. The number of aliphatic hydroxyl groups excluding tert-OH is 1. The van der Waals surface area contributed by atoms with Gasteiger partial charge in [-0.15, -0.1) is 0 Å². The number of nitrogens with two attached hydrogens (primary N) is 1. The van der Waals surface area contributed by atoms with E-state index in [-0.39, 0.29) is 24.5 Å². The van der Waals surface area contributed by atoms with Crippen molar-refractivity contribution in [3.63, 3.8) is 0 Å². The molecule has 0 bridgehead atoms. The minimum atomic E-state index is -0.0327. The van der Waals surface area contributed by atoms with E-state index in [4.69, 9.17) is 5.73 Å². The second kappa shape index (κ2) is 6.17. The van der Waals surface area contributed by atoms with Crippen molar-refractivity contribution in [3.8, 4) is 0 Å². The van der Waals surface area contributed by atoms with Crippen LogP contribution in [0.25, 0.3) is 0 Å². The number of rotatable bonds is 5. The standard InChI is InChI=1S/C15H22N2O2/c1-11-2-4-13(5-3-11)14(6-7-18)17-10-12(9-16)8-15(17)19/h2-5,12,14,18H,6-10,16H2,1H3. The van der Waals surface area contributed by atoms with Crippen LogP contribution in [0.5, 0.6) is 0 Å². The van der Waals surface area contributed by atoms with Crippen molar-refractivity contribution in [1.82, 2.24) is 4.90 Å². The summed E-state index contributed by atoms with van der Waals surface area (Å²) in [6.45, 7) is 3.36. The molecule has 0 aromatic heterocycles. The fourth-order valence-corrected chi connectivity index (χ4v) is 2.68. The first-order valence-electron chi connectivity index (χ1n) is 6.82. The van der Waals surface area contributed by atoms with Gasteiger partial charge in [0.25, 0.3) is 0 Å². The van der Waals surface area contributed by atoms with E-state index in [2.05, 4.69) is 0 Å². The van der Waals surface area contributed by atoms with Gasteiger partial charge in [-0.2, -0.15) is 0 Å². The fourth-order valence-electron chi connectivity index (χ4n) is 2.68. The third kappa shape index (κ3) is 3.14. The van der Waals surface area contributed by atoms with Gasteiger partial charge in [0, 0.05) is 19.6 Å². The molecule has 1 amide bonds. The van der Waals surface area contributed by atoms with Gasteiger partial charge < -0.3 is 15.7 Å². The Morgan fingerprint density at radius 1 is 1.42 bits per heavy atom. The van der Waals surface area contributed by atoms with Gasteiger partial charge >= 0.3 is 0 Å². The highest BCUT2D eigenvalue weighted by molar-refractivity contribution is 5.79. The first-order chi connectivity index (χ1) is 9.15. The average molecular weight is 262 g/mol. The Balaban J connectivity index is 2.20. The monoisotopic (exact) mass is 262 g/mol. The highest BCUT2D eigenvalue weighted by atomic mass is 16.3. The molecule has 1 aromatic rings. The smallest absolute Gasteiger partial charge is 0.223 e. The normalized spacial score (nSPS) is 20.9. The van der Waals surface area contributed by atoms with Gasteiger partial charge in [-0.05, 0) is 31.4 Å². The maximum absolute atomic E-state index is 12.1. The molecule has 1 aliphatic rings. The topological polar surface area (TPSA) is 66.6 Å². The van der Waals surface area contributed by atoms with Gasteiger partial charge in [0.15, 0.2) is 0 Å². The molecule has 0 aliphatic carbocycles. The number of aryl methyl sites for hydroxylation is 1. The molecule has 2 atom stereocenters. The van der Waals surface area contributed by atoms with Crippen molar-refractivity contribution in [3.05, 3.63) is 35.4 Å². The van der Waals surface area contributed by atoms with Crippen molar-refractivity contribution >= 4 is 5.91 Å². The molecule has 2 unspecified atom stereocenters. The van der Waals surface area contributed by atoms with Crippen LogP contribution in [-0.4, -0.2) is 35.6 Å². The Hall–Kier alpha value is -1.39. The number of benzene rings is 1. The van der Waals surface area contributed by atoms with Crippen LogP contribution in [0.1, 0.15) is 30.0 Å². The SMILES string of the molecule is Cc1ccc(C(CCO)N2CC(CN)CC2=O)cc1. The molecular formula is C15H22N2O2. The Morgan fingerprint density at radius 2 is 2.11 bits per heavy atom. The van der Waals surface area contributed by atoms with Crippen LogP contribution in [0, 0.1) is 12.8 Å². The molecule has 4 nitrogen and oxygen atoms in total. The van der Waals surface area contributed by atoms with Crippen molar-refractivity contribution in [2.24, 2.45) is 11.7 Å². The Kier molecular flexibility index (Phi) is 4.56. The zero-order valence-corrected chi connectivity index (χ0v) is 11.4. The van der Waals surface area contributed by atoms with E-state index in [1.807, 2.05) is 36.1 Å². The fraction of sp³-hybridized carbons (Fsp3) is 0.533. The molecule has 104 valence electrons. The van der Waals surface area contributed by atoms with Crippen molar-refractivity contribution in [2.75, 3.05) is 19.7 Å². The first-order valence-corrected chi connectivity index (χ1v) is 6.82. The highest BCUT2D eigenvalue weighted by Crippen LogP contribution is 2.30. The minimum Gasteiger partial charge on any atom is -0.396 e. The lowest BCUT2D eigenvalue weighted by atomic mass is 10.0. The molecule has 4 heteroatoms. The van der Waals surface area contributed by atoms with E-state index in [1.165, 1.54) is 5.56 Å². The quantitative estimate of drug-likeness (QED) is 0.838. The number of hydrogen-bond acceptors (Lipinski definition) is 3. The lowest BCUT2D eigenvalue weighted by molar-refractivity contribution is -0.130. The Bertz CT molecular complexity index is 430. The number of aliphatic hydroxyl groups is 1. The van der Waals surface area contributed by atoms with E-state index in [1.54, 1.807) is 0 Å². The zero-order valence-electron chi connectivity index (χ0n) is 11.4. The molecule has 1 heterocycles. The summed E-state index contributed by atoms with van der Waals surface area (Å²) in [4.78, 5) is 14.0. The van der Waals surface area contributed by atoms with E-state index < -0.39 is 0 Å². The van der Waals surface area contributed by atoms with E-state index in [0.717, 1.165) is 5.56 Å². The Labute approximate surface area is 114 Å². The first kappa shape index (κ1) is 14.0. The number of hydrogen-bond donors (Lipinski definition) is 2. The molecule has 2 rings (SSSR count). The van der Waals surface area contributed by atoms with Gasteiger partial charge in [0.2, 0.25) is 5.91 Å². The van der Waals surface area contributed by atoms with Gasteiger partial charge in [0.05, 0.1) is 6.04 Å². The van der Waals surface area contributed by atoms with Crippen LogP contribution < -0.4 is 5.73 Å². The Morgan fingerprint density at radius 3 is 2.63 bits per heavy atom. The van der Waals surface area contributed by atoms with Gasteiger partial charge in [-0.3, -0.25) is 4.79 Å². The third-order valence-corrected chi connectivity index (χ3v) is 3.81. The maximum atomic E-state index is 12.1. The molecule has 19 heavy (non-hydrogen) atoms. The zero-order chi connectivity index (χ0) is 13.8. The van der Waals surface area contributed by atoms with Crippen LogP contribution in [0.3, 0.4) is 0 Å². The molecular weight excluding hydrogens is 240 g/mol. The molecule has 1 saturated heterocycles. The lowest BCUT2D eigenvalue weighted by Gasteiger charge is -2.28. The number of amides is 1. The molecule has 0 radical (unpaired) electrons. The van der Waals surface area contributed by atoms with Crippen LogP contribution >= 0.6 is 0 Å². The van der Waals surface area contributed by atoms with E-state index in [9.17, 15) is 9.90 Å². The van der Waals surface area contributed by atoms with Gasteiger partial charge in [0.1, 0.15) is 0 Å². The summed E-state index contributed by atoms with van der Waals surface area (Å²) < 4.78 is 0. The summed E-state index contributed by atoms with van der Waals surface area (Å²) in [6.07, 6.45) is 1.11. The predicted molar refractivity (Wildman–Crippen MR) is 74.5 cm³/mol. The summed E-state index contributed by atoms with van der Waals surface area (Å²) in [6, 6.07) is 8.13. The van der Waals surface area contributed by atoms with Gasteiger partial charge in [-0.25, -0.2) is 0 Å². The molecule has 1 aromatic carbocycles. The summed E-state index contributed by atoms with van der Waals surface area (Å²) in [5, 5.41) is 9.26. The van der Waals surface area contributed by atoms with Crippen LogP contribution in [0.4, 0.5) is 0 Å². The summed E-state index contributed by atoms with van der Waals surface area (Å²) in [7, 11) is 0. The van der Waals surface area contributed by atoms with Crippen molar-refractivity contribution < 1.29 is 9.90 Å². The molecule has 0 spiro atoms. The minimum absolute atomic E-state index is 0.0327. The summed E-state index contributed by atoms with van der Waals surface area (Å²) in [5.41, 5.74) is 7.94. The molecule has 1 aliphatic heterocycles. The largest absolute Gasteiger partial charge is 0.396 e. The number of likely N-dealkylation sites (tertiary alicyclic amines) is 1. The average Bonchev–Trinajstić information content (AvgIpc) is 2.78. The molecule has 0 saturated carbocycles.